The Balaban J connectivity index is 1.64. The van der Waals surface area contributed by atoms with Gasteiger partial charge in [-0.2, -0.15) is 0 Å². The molecule has 7 nitrogen and oxygen atoms in total. The van der Waals surface area contributed by atoms with Gasteiger partial charge in [-0.25, -0.2) is 4.79 Å². The number of carbonyl (C=O) groups is 2. The second-order valence-electron chi connectivity index (χ2n) is 5.67. The third-order valence-electron chi connectivity index (χ3n) is 3.75. The topological polar surface area (TPSA) is 109 Å². The van der Waals surface area contributed by atoms with Gasteiger partial charge in [0, 0.05) is 5.39 Å². The fourth-order valence-electron chi connectivity index (χ4n) is 2.43. The molecule has 1 aromatic heterocycles. The smallest absolute Gasteiger partial charge is 0.328 e. The molecule has 1 atom stereocenters. The molecule has 0 saturated heterocycles. The predicted octanol–water partition coefficient (Wildman–Crippen LogP) is 2.54. The van der Waals surface area contributed by atoms with E-state index in [0.29, 0.717) is 5.39 Å². The number of aliphatic carboxylic acids is 1. The maximum Gasteiger partial charge on any atom is 0.328 e. The molecule has 3 aromatic rings. The van der Waals surface area contributed by atoms with E-state index in [2.05, 4.69) is 5.32 Å². The lowest BCUT2D eigenvalue weighted by Gasteiger charge is -2.14. The summed E-state index contributed by atoms with van der Waals surface area (Å²) in [6.45, 7) is 0.0421. The van der Waals surface area contributed by atoms with Crippen LogP contribution in [-0.2, 0) is 16.1 Å². The van der Waals surface area contributed by atoms with Crippen molar-refractivity contribution in [2.45, 2.75) is 12.6 Å². The van der Waals surface area contributed by atoms with Gasteiger partial charge in [-0.1, -0.05) is 42.5 Å². The Bertz CT molecular complexity index is 918. The fourth-order valence-corrected chi connectivity index (χ4v) is 2.43. The first-order valence-corrected chi connectivity index (χ1v) is 7.91. The first-order valence-electron chi connectivity index (χ1n) is 7.91. The molecule has 0 aliphatic carbocycles. The third kappa shape index (κ3) is 4.01. The lowest BCUT2D eigenvalue weighted by atomic mass is 10.2. The van der Waals surface area contributed by atoms with Crippen LogP contribution in [0.4, 0.5) is 0 Å². The number of rotatable bonds is 7. The Hall–Kier alpha value is -3.32. The number of para-hydroxylation sites is 1. The number of benzene rings is 2. The minimum absolute atomic E-state index is 0.0872. The standard InChI is InChI=1S/C19H17NO6/c21-15-8-4-7-13-9-16(26-17(13)15)18(22)20-14(19(23)24)11-25-10-12-5-2-1-3-6-12/h1-9,14,21H,10-11H2,(H,20,22)(H,23,24). The molecule has 0 spiro atoms. The van der Waals surface area contributed by atoms with E-state index in [4.69, 9.17) is 9.15 Å². The zero-order valence-electron chi connectivity index (χ0n) is 13.7. The molecule has 1 unspecified atom stereocenters. The Morgan fingerprint density at radius 2 is 1.88 bits per heavy atom. The van der Waals surface area contributed by atoms with Crippen molar-refractivity contribution in [2.24, 2.45) is 0 Å². The average molecular weight is 355 g/mol. The summed E-state index contributed by atoms with van der Waals surface area (Å²) in [6.07, 6.45) is 0. The van der Waals surface area contributed by atoms with Gasteiger partial charge >= 0.3 is 5.97 Å². The van der Waals surface area contributed by atoms with E-state index in [1.807, 2.05) is 30.3 Å². The molecule has 26 heavy (non-hydrogen) atoms. The van der Waals surface area contributed by atoms with E-state index in [-0.39, 0.29) is 30.3 Å². The van der Waals surface area contributed by atoms with Crippen LogP contribution in [0.25, 0.3) is 11.0 Å². The lowest BCUT2D eigenvalue weighted by molar-refractivity contribution is -0.141. The zero-order chi connectivity index (χ0) is 18.5. The number of phenolic OH excluding ortho intramolecular Hbond substituents is 1. The number of hydrogen-bond donors (Lipinski definition) is 3. The highest BCUT2D eigenvalue weighted by Gasteiger charge is 2.23. The monoisotopic (exact) mass is 355 g/mol. The molecule has 1 heterocycles. The molecule has 0 saturated carbocycles. The summed E-state index contributed by atoms with van der Waals surface area (Å²) in [5.41, 5.74) is 1.07. The number of carbonyl (C=O) groups excluding carboxylic acids is 1. The van der Waals surface area contributed by atoms with E-state index in [0.717, 1.165) is 5.56 Å². The highest BCUT2D eigenvalue weighted by atomic mass is 16.5. The maximum atomic E-state index is 12.3. The Kier molecular flexibility index (Phi) is 5.19. The van der Waals surface area contributed by atoms with Crippen molar-refractivity contribution < 1.29 is 29.0 Å². The van der Waals surface area contributed by atoms with Crippen molar-refractivity contribution in [1.82, 2.24) is 5.32 Å². The van der Waals surface area contributed by atoms with Crippen LogP contribution in [0.5, 0.6) is 5.75 Å². The number of furan rings is 1. The van der Waals surface area contributed by atoms with E-state index in [9.17, 15) is 19.8 Å². The van der Waals surface area contributed by atoms with Gasteiger partial charge in [-0.15, -0.1) is 0 Å². The van der Waals surface area contributed by atoms with Crippen LogP contribution in [0.1, 0.15) is 16.1 Å². The van der Waals surface area contributed by atoms with E-state index in [1.54, 1.807) is 12.1 Å². The molecule has 134 valence electrons. The van der Waals surface area contributed by atoms with Crippen LogP contribution >= 0.6 is 0 Å². The van der Waals surface area contributed by atoms with Crippen LogP contribution in [0.2, 0.25) is 0 Å². The van der Waals surface area contributed by atoms with E-state index in [1.165, 1.54) is 12.1 Å². The number of phenols is 1. The van der Waals surface area contributed by atoms with Crippen molar-refractivity contribution in [1.29, 1.82) is 0 Å². The number of carboxylic acid groups (broad SMARTS) is 1. The van der Waals surface area contributed by atoms with Crippen LogP contribution in [0.3, 0.4) is 0 Å². The number of carboxylic acids is 1. The molecule has 3 rings (SSSR count). The minimum Gasteiger partial charge on any atom is -0.504 e. The molecule has 1 amide bonds. The summed E-state index contributed by atoms with van der Waals surface area (Å²) in [4.78, 5) is 23.6. The summed E-state index contributed by atoms with van der Waals surface area (Å²) in [5, 5.41) is 21.9. The normalized spacial score (nSPS) is 12.0. The second-order valence-corrected chi connectivity index (χ2v) is 5.67. The highest BCUT2D eigenvalue weighted by molar-refractivity contribution is 5.98. The number of aromatic hydroxyl groups is 1. The van der Waals surface area contributed by atoms with Crippen LogP contribution < -0.4 is 5.32 Å². The molecule has 0 radical (unpaired) electrons. The summed E-state index contributed by atoms with van der Waals surface area (Å²) in [5.74, 6) is -2.10. The number of amides is 1. The number of hydrogen-bond acceptors (Lipinski definition) is 5. The molecule has 2 aromatic carbocycles. The number of ether oxygens (including phenoxy) is 1. The van der Waals surface area contributed by atoms with Gasteiger partial charge in [0.25, 0.3) is 5.91 Å². The Labute approximate surface area is 148 Å². The van der Waals surface area contributed by atoms with Crippen molar-refractivity contribution in [2.75, 3.05) is 6.61 Å². The molecule has 0 fully saturated rings. The predicted molar refractivity (Wildman–Crippen MR) is 92.9 cm³/mol. The second kappa shape index (κ2) is 7.71. The van der Waals surface area contributed by atoms with Crippen LogP contribution in [-0.4, -0.2) is 34.7 Å². The summed E-state index contributed by atoms with van der Waals surface area (Å²) in [6, 6.07) is 14.2. The average Bonchev–Trinajstić information content (AvgIpc) is 3.07. The lowest BCUT2D eigenvalue weighted by Crippen LogP contribution is -2.43. The molecule has 0 bridgehead atoms. The fraction of sp³-hybridized carbons (Fsp3) is 0.158. The van der Waals surface area contributed by atoms with Gasteiger partial charge in [0.1, 0.15) is 0 Å². The molecular formula is C19H17NO6. The van der Waals surface area contributed by atoms with Crippen molar-refractivity contribution in [3.05, 3.63) is 65.9 Å². The van der Waals surface area contributed by atoms with E-state index < -0.39 is 17.9 Å². The minimum atomic E-state index is -1.23. The van der Waals surface area contributed by atoms with Crippen molar-refractivity contribution in [3.8, 4) is 5.75 Å². The summed E-state index contributed by atoms with van der Waals surface area (Å²) in [7, 11) is 0. The largest absolute Gasteiger partial charge is 0.504 e. The first kappa shape index (κ1) is 17.5. The maximum absolute atomic E-state index is 12.3. The van der Waals surface area contributed by atoms with Gasteiger partial charge < -0.3 is 24.7 Å². The molecule has 7 heteroatoms. The van der Waals surface area contributed by atoms with Crippen molar-refractivity contribution in [3.63, 3.8) is 0 Å². The van der Waals surface area contributed by atoms with E-state index >= 15 is 0 Å². The quantitative estimate of drug-likeness (QED) is 0.601. The third-order valence-corrected chi connectivity index (χ3v) is 3.75. The molecule has 0 aliphatic heterocycles. The Morgan fingerprint density at radius 1 is 1.12 bits per heavy atom. The molecule has 0 aliphatic rings. The van der Waals surface area contributed by atoms with Gasteiger partial charge in [0.05, 0.1) is 13.2 Å². The molecular weight excluding hydrogens is 338 g/mol. The van der Waals surface area contributed by atoms with Gasteiger partial charge in [0.2, 0.25) is 0 Å². The molecule has 3 N–H and O–H groups in total. The van der Waals surface area contributed by atoms with Gasteiger partial charge in [-0.05, 0) is 17.7 Å². The van der Waals surface area contributed by atoms with Crippen LogP contribution in [0.15, 0.2) is 59.0 Å². The first-order chi connectivity index (χ1) is 12.5. The summed E-state index contributed by atoms with van der Waals surface area (Å²) < 4.78 is 10.7. The van der Waals surface area contributed by atoms with Crippen LogP contribution in [0, 0.1) is 0 Å². The van der Waals surface area contributed by atoms with Gasteiger partial charge in [0.15, 0.2) is 23.1 Å². The Morgan fingerprint density at radius 3 is 2.58 bits per heavy atom. The highest BCUT2D eigenvalue weighted by Crippen LogP contribution is 2.27. The van der Waals surface area contributed by atoms with Gasteiger partial charge in [-0.3, -0.25) is 4.79 Å². The SMILES string of the molecule is O=C(NC(COCc1ccccc1)C(=O)O)c1cc2cccc(O)c2o1. The number of fused-ring (bicyclic) bond motifs is 1. The zero-order valence-corrected chi connectivity index (χ0v) is 13.7. The number of nitrogens with one attached hydrogen (secondary N) is 1. The summed E-state index contributed by atoms with van der Waals surface area (Å²) >= 11 is 0. The van der Waals surface area contributed by atoms with Crippen molar-refractivity contribution >= 4 is 22.8 Å².